The highest BCUT2D eigenvalue weighted by molar-refractivity contribution is 7.99. The molecule has 2 heterocycles. The van der Waals surface area contributed by atoms with Gasteiger partial charge in [0.25, 0.3) is 0 Å². The summed E-state index contributed by atoms with van der Waals surface area (Å²) in [6.07, 6.45) is 1.60. The van der Waals surface area contributed by atoms with Gasteiger partial charge in [0.2, 0.25) is 0 Å². The Labute approximate surface area is 118 Å². The number of carbonyl (C=O) groups is 1. The van der Waals surface area contributed by atoms with Crippen LogP contribution in [0.15, 0.2) is 29.2 Å². The Hall–Kier alpha value is -1.00. The molecule has 3 rings (SSSR count). The monoisotopic (exact) mass is 277 g/mol. The van der Waals surface area contributed by atoms with Gasteiger partial charge in [-0.25, -0.2) is 0 Å². The maximum absolute atomic E-state index is 10.9. The highest BCUT2D eigenvalue weighted by Crippen LogP contribution is 2.39. The number of carboxylic acid groups (broad SMARTS) is 1. The molecule has 2 aliphatic rings. The fourth-order valence-corrected chi connectivity index (χ4v) is 4.30. The van der Waals surface area contributed by atoms with E-state index < -0.39 is 5.97 Å². The first-order valence-electron chi connectivity index (χ1n) is 6.91. The lowest BCUT2D eigenvalue weighted by atomic mass is 9.95. The third-order valence-electron chi connectivity index (χ3n) is 4.21. The number of thioether (sulfide) groups is 1. The molecule has 0 saturated carbocycles. The molecule has 0 bridgehead atoms. The van der Waals surface area contributed by atoms with Crippen molar-refractivity contribution < 1.29 is 9.90 Å². The zero-order valence-electron chi connectivity index (χ0n) is 10.9. The normalized spacial score (nSPS) is 24.3. The molecule has 2 aliphatic heterocycles. The second kappa shape index (κ2) is 5.55. The summed E-state index contributed by atoms with van der Waals surface area (Å²) in [5.74, 6) is 1.03. The van der Waals surface area contributed by atoms with Gasteiger partial charge in [-0.3, -0.25) is 4.79 Å². The molecule has 0 aliphatic carbocycles. The number of likely N-dealkylation sites (tertiary alicyclic amines) is 1. The maximum Gasteiger partial charge on any atom is 0.306 e. The quantitative estimate of drug-likeness (QED) is 0.922. The molecular formula is C15H19NO2S. The molecule has 4 heteroatoms. The first kappa shape index (κ1) is 13.0. The van der Waals surface area contributed by atoms with Crippen molar-refractivity contribution in [1.82, 2.24) is 4.90 Å². The minimum absolute atomic E-state index is 0.124. The van der Waals surface area contributed by atoms with Crippen molar-refractivity contribution in [1.29, 1.82) is 0 Å². The van der Waals surface area contributed by atoms with Gasteiger partial charge in [-0.2, -0.15) is 0 Å². The molecule has 0 radical (unpaired) electrons. The number of hydrogen-bond donors (Lipinski definition) is 1. The van der Waals surface area contributed by atoms with Crippen LogP contribution in [0.3, 0.4) is 0 Å². The van der Waals surface area contributed by atoms with Gasteiger partial charge in [-0.15, -0.1) is 11.8 Å². The number of carboxylic acids is 1. The minimum Gasteiger partial charge on any atom is -0.481 e. The van der Waals surface area contributed by atoms with Gasteiger partial charge in [-0.1, -0.05) is 18.2 Å². The molecular weight excluding hydrogens is 258 g/mol. The Morgan fingerprint density at radius 2 is 2.05 bits per heavy atom. The van der Waals surface area contributed by atoms with Crippen LogP contribution in [-0.2, 0) is 4.79 Å². The number of nitrogens with zero attached hydrogens (tertiary/aromatic N) is 1. The van der Waals surface area contributed by atoms with E-state index in [1.807, 2.05) is 11.8 Å². The molecule has 0 amide bonds. The minimum atomic E-state index is -0.624. The molecule has 1 aromatic carbocycles. The molecule has 1 aromatic rings. The van der Waals surface area contributed by atoms with Gasteiger partial charge in [0.1, 0.15) is 0 Å². The van der Waals surface area contributed by atoms with Crippen molar-refractivity contribution in [2.24, 2.45) is 5.92 Å². The third kappa shape index (κ3) is 2.79. The summed E-state index contributed by atoms with van der Waals surface area (Å²) in [6, 6.07) is 8.67. The first-order valence-corrected chi connectivity index (χ1v) is 7.89. The number of fused-ring (bicyclic) bond motifs is 1. The fraction of sp³-hybridized carbons (Fsp3) is 0.533. The van der Waals surface area contributed by atoms with Crippen LogP contribution < -0.4 is 0 Å². The van der Waals surface area contributed by atoms with Crippen LogP contribution in [-0.4, -0.2) is 41.4 Å². The van der Waals surface area contributed by atoms with Gasteiger partial charge in [0.15, 0.2) is 0 Å². The second-order valence-corrected chi connectivity index (χ2v) is 6.52. The fourth-order valence-electron chi connectivity index (χ4n) is 3.05. The highest BCUT2D eigenvalue weighted by Gasteiger charge is 2.28. The number of hydrogen-bond acceptors (Lipinski definition) is 3. The van der Waals surface area contributed by atoms with Crippen LogP contribution in [0.25, 0.3) is 0 Å². The maximum atomic E-state index is 10.9. The lowest BCUT2D eigenvalue weighted by molar-refractivity contribution is -0.143. The van der Waals surface area contributed by atoms with E-state index in [4.69, 9.17) is 5.11 Å². The summed E-state index contributed by atoms with van der Waals surface area (Å²) in [5.41, 5.74) is 1.48. The molecule has 1 saturated heterocycles. The van der Waals surface area contributed by atoms with Gasteiger partial charge in [0.05, 0.1) is 5.92 Å². The van der Waals surface area contributed by atoms with Crippen molar-refractivity contribution in [2.75, 3.05) is 25.4 Å². The Kier molecular flexibility index (Phi) is 3.80. The van der Waals surface area contributed by atoms with Crippen molar-refractivity contribution in [2.45, 2.75) is 23.7 Å². The van der Waals surface area contributed by atoms with Crippen molar-refractivity contribution >= 4 is 17.7 Å². The van der Waals surface area contributed by atoms with Gasteiger partial charge in [-0.05, 0) is 37.6 Å². The molecule has 3 nitrogen and oxygen atoms in total. The lowest BCUT2D eigenvalue weighted by Crippen LogP contribution is -2.38. The summed E-state index contributed by atoms with van der Waals surface area (Å²) < 4.78 is 0. The summed E-state index contributed by atoms with van der Waals surface area (Å²) in [7, 11) is 0. The van der Waals surface area contributed by atoms with Crippen molar-refractivity contribution in [3.63, 3.8) is 0 Å². The van der Waals surface area contributed by atoms with Crippen LogP contribution >= 0.6 is 11.8 Å². The molecule has 1 unspecified atom stereocenters. The Bertz CT molecular complexity index is 469. The number of benzene rings is 1. The van der Waals surface area contributed by atoms with E-state index in [1.165, 1.54) is 10.5 Å². The SMILES string of the molecule is O=C(O)C1CCN(CC2CSc3ccccc32)CC1. The molecule has 1 atom stereocenters. The topological polar surface area (TPSA) is 40.5 Å². The van der Waals surface area contributed by atoms with E-state index in [1.54, 1.807) is 0 Å². The first-order chi connectivity index (χ1) is 9.24. The lowest BCUT2D eigenvalue weighted by Gasteiger charge is -2.31. The number of aliphatic carboxylic acids is 1. The van der Waals surface area contributed by atoms with Crippen LogP contribution in [0, 0.1) is 5.92 Å². The molecule has 102 valence electrons. The molecule has 19 heavy (non-hydrogen) atoms. The van der Waals surface area contributed by atoms with Gasteiger partial charge >= 0.3 is 5.97 Å². The average Bonchev–Trinajstić information content (AvgIpc) is 2.83. The van der Waals surface area contributed by atoms with E-state index >= 15 is 0 Å². The van der Waals surface area contributed by atoms with Crippen LogP contribution in [0.1, 0.15) is 24.3 Å². The van der Waals surface area contributed by atoms with E-state index in [0.29, 0.717) is 5.92 Å². The predicted molar refractivity (Wildman–Crippen MR) is 76.7 cm³/mol. The Balaban J connectivity index is 1.58. The van der Waals surface area contributed by atoms with Crippen molar-refractivity contribution in [3.05, 3.63) is 29.8 Å². The highest BCUT2D eigenvalue weighted by atomic mass is 32.2. The smallest absolute Gasteiger partial charge is 0.306 e. The zero-order valence-corrected chi connectivity index (χ0v) is 11.7. The summed E-state index contributed by atoms with van der Waals surface area (Å²) in [6.45, 7) is 2.94. The largest absolute Gasteiger partial charge is 0.481 e. The van der Waals surface area contributed by atoms with Gasteiger partial charge in [0, 0.05) is 23.1 Å². The molecule has 1 N–H and O–H groups in total. The summed E-state index contributed by atoms with van der Waals surface area (Å²) in [5, 5.41) is 9.02. The van der Waals surface area contributed by atoms with E-state index in [2.05, 4.69) is 29.2 Å². The zero-order chi connectivity index (χ0) is 13.2. The predicted octanol–water partition coefficient (Wildman–Crippen LogP) is 2.67. The summed E-state index contributed by atoms with van der Waals surface area (Å²) in [4.78, 5) is 14.8. The second-order valence-electron chi connectivity index (χ2n) is 5.46. The standard InChI is InChI=1S/C15H19NO2S/c17-15(18)11-5-7-16(8-6-11)9-12-10-19-14-4-2-1-3-13(12)14/h1-4,11-12H,5-10H2,(H,17,18). The van der Waals surface area contributed by atoms with E-state index in [0.717, 1.165) is 38.2 Å². The molecule has 0 aromatic heterocycles. The van der Waals surface area contributed by atoms with E-state index in [9.17, 15) is 4.79 Å². The Morgan fingerprint density at radius 1 is 1.32 bits per heavy atom. The molecule has 1 fully saturated rings. The number of rotatable bonds is 3. The average molecular weight is 277 g/mol. The summed E-state index contributed by atoms with van der Waals surface area (Å²) >= 11 is 1.95. The van der Waals surface area contributed by atoms with Crippen LogP contribution in [0.2, 0.25) is 0 Å². The van der Waals surface area contributed by atoms with Crippen LogP contribution in [0.4, 0.5) is 0 Å². The molecule has 0 spiro atoms. The van der Waals surface area contributed by atoms with Gasteiger partial charge < -0.3 is 10.0 Å². The van der Waals surface area contributed by atoms with Crippen LogP contribution in [0.5, 0.6) is 0 Å². The van der Waals surface area contributed by atoms with Crippen molar-refractivity contribution in [3.8, 4) is 0 Å². The third-order valence-corrected chi connectivity index (χ3v) is 5.47. The Morgan fingerprint density at radius 3 is 2.79 bits per heavy atom. The van der Waals surface area contributed by atoms with E-state index in [-0.39, 0.29) is 5.92 Å². The number of piperidine rings is 1.